The Bertz CT molecular complexity index is 1120. The van der Waals surface area contributed by atoms with Gasteiger partial charge in [-0.2, -0.15) is 0 Å². The van der Waals surface area contributed by atoms with E-state index in [0.717, 1.165) is 34.9 Å². The van der Waals surface area contributed by atoms with Crippen molar-refractivity contribution in [3.63, 3.8) is 0 Å². The Morgan fingerprint density at radius 2 is 1.81 bits per heavy atom. The van der Waals surface area contributed by atoms with E-state index in [1.807, 2.05) is 26.1 Å². The van der Waals surface area contributed by atoms with Gasteiger partial charge in [-0.3, -0.25) is 4.79 Å². The molecule has 0 spiro atoms. The van der Waals surface area contributed by atoms with Gasteiger partial charge in [-0.25, -0.2) is 4.79 Å². The van der Waals surface area contributed by atoms with E-state index in [2.05, 4.69) is 42.2 Å². The lowest BCUT2D eigenvalue weighted by atomic mass is 9.88. The Hall–Kier alpha value is -3.28. The van der Waals surface area contributed by atoms with Crippen molar-refractivity contribution in [3.05, 3.63) is 59.3 Å². The molecule has 32 heavy (non-hydrogen) atoms. The van der Waals surface area contributed by atoms with Gasteiger partial charge in [-0.15, -0.1) is 0 Å². The molecule has 4 rings (SSSR count). The van der Waals surface area contributed by atoms with Crippen LogP contribution in [0.1, 0.15) is 54.1 Å². The van der Waals surface area contributed by atoms with Crippen LogP contribution in [-0.2, 0) is 4.74 Å². The Morgan fingerprint density at radius 1 is 1.12 bits per heavy atom. The summed E-state index contributed by atoms with van der Waals surface area (Å²) in [7, 11) is 0. The van der Waals surface area contributed by atoms with E-state index in [1.165, 1.54) is 11.1 Å². The van der Waals surface area contributed by atoms with Crippen LogP contribution >= 0.6 is 0 Å². The maximum absolute atomic E-state index is 12.3. The van der Waals surface area contributed by atoms with Gasteiger partial charge in [0.2, 0.25) is 0 Å². The fourth-order valence-corrected chi connectivity index (χ4v) is 4.40. The van der Waals surface area contributed by atoms with Crippen molar-refractivity contribution < 1.29 is 14.3 Å². The number of aromatic amines is 1. The zero-order valence-electron chi connectivity index (χ0n) is 19.0. The Labute approximate surface area is 188 Å². The minimum absolute atomic E-state index is 0.228. The lowest BCUT2D eigenvalue weighted by Crippen LogP contribution is -2.38. The second-order valence-corrected chi connectivity index (χ2v) is 9.15. The van der Waals surface area contributed by atoms with Gasteiger partial charge in [-0.05, 0) is 60.4 Å². The number of piperidine rings is 1. The van der Waals surface area contributed by atoms with E-state index in [0.29, 0.717) is 37.1 Å². The zero-order valence-corrected chi connectivity index (χ0v) is 19.0. The number of primary amides is 1. The second-order valence-electron chi connectivity index (χ2n) is 9.15. The number of hydrogen-bond donors (Lipinski definition) is 2. The van der Waals surface area contributed by atoms with Gasteiger partial charge in [-0.1, -0.05) is 43.7 Å². The fourth-order valence-electron chi connectivity index (χ4n) is 4.40. The summed E-state index contributed by atoms with van der Waals surface area (Å²) in [6, 6.07) is 12.3. The van der Waals surface area contributed by atoms with Crippen molar-refractivity contribution in [1.82, 2.24) is 9.88 Å². The first-order valence-electron chi connectivity index (χ1n) is 11.3. The quantitative estimate of drug-likeness (QED) is 0.579. The topological polar surface area (TPSA) is 88.4 Å². The summed E-state index contributed by atoms with van der Waals surface area (Å²) in [4.78, 5) is 29.6. The van der Waals surface area contributed by atoms with Crippen LogP contribution in [-0.4, -0.2) is 41.6 Å². The van der Waals surface area contributed by atoms with Gasteiger partial charge in [0.1, 0.15) is 0 Å². The molecule has 1 aliphatic rings. The fraction of sp³-hybridized carbons (Fsp3) is 0.385. The van der Waals surface area contributed by atoms with E-state index in [4.69, 9.17) is 10.5 Å². The Balaban J connectivity index is 1.61. The normalized spacial score (nSPS) is 14.8. The average molecular weight is 434 g/mol. The molecule has 1 fully saturated rings. The number of aromatic nitrogens is 1. The largest absolute Gasteiger partial charge is 0.449 e. The zero-order chi connectivity index (χ0) is 22.8. The third-order valence-electron chi connectivity index (χ3n) is 6.20. The number of nitrogens with two attached hydrogens (primary N) is 1. The highest BCUT2D eigenvalue weighted by Gasteiger charge is 2.27. The molecule has 1 aliphatic heterocycles. The summed E-state index contributed by atoms with van der Waals surface area (Å²) in [6.07, 6.45) is 3.47. The highest BCUT2D eigenvalue weighted by Crippen LogP contribution is 2.37. The molecular formula is C26H31N3O3. The van der Waals surface area contributed by atoms with Gasteiger partial charge in [0.05, 0.1) is 17.7 Å². The highest BCUT2D eigenvalue weighted by atomic mass is 16.6. The van der Waals surface area contributed by atoms with Crippen molar-refractivity contribution in [3.8, 4) is 11.1 Å². The predicted octanol–water partition coefficient (Wildman–Crippen LogP) is 5.21. The molecule has 0 aliphatic carbocycles. The van der Waals surface area contributed by atoms with Crippen LogP contribution in [0.5, 0.6) is 0 Å². The number of carbonyl (C=O) groups excluding carboxylic acids is 2. The number of likely N-dealkylation sites (tertiary alicyclic amines) is 1. The molecule has 1 aromatic heterocycles. The van der Waals surface area contributed by atoms with Crippen molar-refractivity contribution in [2.45, 2.75) is 39.5 Å². The molecule has 2 heterocycles. The molecule has 0 saturated carbocycles. The van der Waals surface area contributed by atoms with Gasteiger partial charge >= 0.3 is 6.09 Å². The molecule has 0 unspecified atom stereocenters. The average Bonchev–Trinajstić information content (AvgIpc) is 3.21. The lowest BCUT2D eigenvalue weighted by molar-refractivity contribution is 0.0834. The third kappa shape index (κ3) is 4.49. The van der Waals surface area contributed by atoms with Crippen LogP contribution in [0.3, 0.4) is 0 Å². The standard InChI is InChI=1S/C26H31N3O3/c1-16(2)15-32-26(31)29-10-8-19(9-11-29)23-14-28-24-21(23)12-20(13-22(24)25(27)30)18-6-4-17(3)5-7-18/h4-7,12-14,16,19,28H,8-11,15H2,1-3H3,(H2,27,30). The first-order chi connectivity index (χ1) is 15.3. The van der Waals surface area contributed by atoms with Crippen LogP contribution in [0.25, 0.3) is 22.0 Å². The Morgan fingerprint density at radius 3 is 2.44 bits per heavy atom. The molecule has 168 valence electrons. The molecule has 0 radical (unpaired) electrons. The van der Waals surface area contributed by atoms with E-state index in [-0.39, 0.29) is 6.09 Å². The van der Waals surface area contributed by atoms with Crippen LogP contribution in [0.15, 0.2) is 42.6 Å². The minimum atomic E-state index is -0.444. The van der Waals surface area contributed by atoms with Gasteiger partial charge in [0, 0.05) is 24.7 Å². The maximum Gasteiger partial charge on any atom is 0.409 e. The summed E-state index contributed by atoms with van der Waals surface area (Å²) in [6.45, 7) is 7.88. The number of fused-ring (bicyclic) bond motifs is 1. The van der Waals surface area contributed by atoms with E-state index < -0.39 is 5.91 Å². The number of amides is 2. The van der Waals surface area contributed by atoms with Crippen molar-refractivity contribution in [2.75, 3.05) is 19.7 Å². The first-order valence-corrected chi connectivity index (χ1v) is 11.3. The SMILES string of the molecule is Cc1ccc(-c2cc(C(N)=O)c3[nH]cc(C4CCN(C(=O)OCC(C)C)CC4)c3c2)cc1. The van der Waals surface area contributed by atoms with Crippen molar-refractivity contribution in [1.29, 1.82) is 0 Å². The molecule has 6 nitrogen and oxygen atoms in total. The van der Waals surface area contributed by atoms with Gasteiger partial charge < -0.3 is 20.4 Å². The number of carbonyl (C=O) groups is 2. The van der Waals surface area contributed by atoms with E-state index in [9.17, 15) is 9.59 Å². The molecule has 2 amide bonds. The van der Waals surface area contributed by atoms with Crippen LogP contribution in [0.4, 0.5) is 4.79 Å². The maximum atomic E-state index is 12.3. The minimum Gasteiger partial charge on any atom is -0.449 e. The third-order valence-corrected chi connectivity index (χ3v) is 6.20. The summed E-state index contributed by atoms with van der Waals surface area (Å²) in [5, 5.41) is 1.03. The molecule has 0 bridgehead atoms. The van der Waals surface area contributed by atoms with E-state index in [1.54, 1.807) is 4.90 Å². The summed E-state index contributed by atoms with van der Waals surface area (Å²) < 4.78 is 5.38. The lowest BCUT2D eigenvalue weighted by Gasteiger charge is -2.31. The van der Waals surface area contributed by atoms with Gasteiger partial charge in [0.15, 0.2) is 0 Å². The number of nitrogens with zero attached hydrogens (tertiary/aromatic N) is 1. The molecule has 0 atom stereocenters. The summed E-state index contributed by atoms with van der Waals surface area (Å²) >= 11 is 0. The molecule has 3 aromatic rings. The van der Waals surface area contributed by atoms with Crippen LogP contribution in [0.2, 0.25) is 0 Å². The molecule has 1 saturated heterocycles. The highest BCUT2D eigenvalue weighted by molar-refractivity contribution is 6.07. The van der Waals surface area contributed by atoms with Crippen LogP contribution < -0.4 is 5.73 Å². The number of aryl methyl sites for hydroxylation is 1. The first kappa shape index (κ1) is 21.9. The number of hydrogen-bond acceptors (Lipinski definition) is 3. The molecule has 3 N–H and O–H groups in total. The summed E-state index contributed by atoms with van der Waals surface area (Å²) in [5.74, 6) is 0.178. The molecule has 6 heteroatoms. The monoisotopic (exact) mass is 433 g/mol. The summed E-state index contributed by atoms with van der Waals surface area (Å²) in [5.41, 5.74) is 11.4. The van der Waals surface area contributed by atoms with Crippen LogP contribution in [0, 0.1) is 12.8 Å². The number of nitrogens with one attached hydrogen (secondary N) is 1. The van der Waals surface area contributed by atoms with Crippen molar-refractivity contribution in [2.24, 2.45) is 11.7 Å². The molecule has 2 aromatic carbocycles. The van der Waals surface area contributed by atoms with Crippen molar-refractivity contribution >= 4 is 22.9 Å². The number of rotatable bonds is 5. The Kier molecular flexibility index (Phi) is 6.21. The number of benzene rings is 2. The smallest absolute Gasteiger partial charge is 0.409 e. The number of ether oxygens (including phenoxy) is 1. The van der Waals surface area contributed by atoms with E-state index >= 15 is 0 Å². The number of H-pyrrole nitrogens is 1. The second kappa shape index (κ2) is 9.07. The predicted molar refractivity (Wildman–Crippen MR) is 127 cm³/mol. The molecular weight excluding hydrogens is 402 g/mol. The van der Waals surface area contributed by atoms with Gasteiger partial charge in [0.25, 0.3) is 5.91 Å².